The lowest BCUT2D eigenvalue weighted by Crippen LogP contribution is -2.22. The monoisotopic (exact) mass is 381 g/mol. The summed E-state index contributed by atoms with van der Waals surface area (Å²) < 4.78 is 5.14. The second kappa shape index (κ2) is 9.54. The molecule has 0 spiro atoms. The Labute approximate surface area is 168 Å². The average molecular weight is 382 g/mol. The summed E-state index contributed by atoms with van der Waals surface area (Å²) in [7, 11) is 0. The van der Waals surface area contributed by atoms with Gasteiger partial charge in [-0.15, -0.1) is 0 Å². The van der Waals surface area contributed by atoms with E-state index in [1.165, 1.54) is 5.56 Å². The molecular weight excluding hydrogens is 350 g/mol. The number of benzene rings is 2. The smallest absolute Gasteiger partial charge is 0.306 e. The third-order valence-corrected chi connectivity index (χ3v) is 4.81. The van der Waals surface area contributed by atoms with Crippen LogP contribution in [0.5, 0.6) is 0 Å². The van der Waals surface area contributed by atoms with E-state index in [0.717, 1.165) is 28.8 Å². The van der Waals surface area contributed by atoms with E-state index in [9.17, 15) is 9.59 Å². The fraction of sp³-hybridized carbons (Fsp3) is 0.417. The molecule has 2 rings (SSSR count). The van der Waals surface area contributed by atoms with Gasteiger partial charge in [0.15, 0.2) is 6.61 Å². The lowest BCUT2D eigenvalue weighted by molar-refractivity contribution is -0.147. The van der Waals surface area contributed by atoms with Crippen molar-refractivity contribution < 1.29 is 14.3 Å². The molecule has 0 aliphatic carbocycles. The van der Waals surface area contributed by atoms with Gasteiger partial charge in [0.1, 0.15) is 0 Å². The van der Waals surface area contributed by atoms with Gasteiger partial charge in [-0.1, -0.05) is 70.2 Å². The Morgan fingerprint density at radius 1 is 1.04 bits per heavy atom. The Hall–Kier alpha value is -2.62. The molecule has 0 unspecified atom stereocenters. The van der Waals surface area contributed by atoms with E-state index < -0.39 is 0 Å². The molecule has 0 atom stereocenters. The molecule has 4 heteroatoms. The van der Waals surface area contributed by atoms with E-state index in [1.54, 1.807) is 0 Å². The van der Waals surface area contributed by atoms with Crippen molar-refractivity contribution in [3.8, 4) is 0 Å². The minimum Gasteiger partial charge on any atom is -0.456 e. The van der Waals surface area contributed by atoms with E-state index in [4.69, 9.17) is 4.74 Å². The first-order valence-corrected chi connectivity index (χ1v) is 9.84. The van der Waals surface area contributed by atoms with Gasteiger partial charge in [-0.3, -0.25) is 9.59 Å². The fourth-order valence-corrected chi connectivity index (χ4v) is 3.01. The molecule has 1 N–H and O–H groups in total. The normalized spacial score (nSPS) is 11.2. The van der Waals surface area contributed by atoms with Crippen LogP contribution in [0.25, 0.3) is 0 Å². The summed E-state index contributed by atoms with van der Waals surface area (Å²) in [5, 5.41) is 2.86. The van der Waals surface area contributed by atoms with Crippen LogP contribution in [0.1, 0.15) is 56.4 Å². The molecule has 0 aromatic heterocycles. The summed E-state index contributed by atoms with van der Waals surface area (Å²) in [5.41, 5.74) is 5.33. The molecule has 0 heterocycles. The quantitative estimate of drug-likeness (QED) is 0.689. The number of anilines is 1. The second-order valence-electron chi connectivity index (χ2n) is 8.12. The third kappa shape index (κ3) is 6.22. The third-order valence-electron chi connectivity index (χ3n) is 4.81. The molecule has 1 amide bonds. The number of carbonyl (C=O) groups excluding carboxylic acids is 2. The maximum Gasteiger partial charge on any atom is 0.306 e. The molecule has 2 aromatic carbocycles. The zero-order valence-corrected chi connectivity index (χ0v) is 17.6. The van der Waals surface area contributed by atoms with Crippen LogP contribution in [0.15, 0.2) is 42.5 Å². The van der Waals surface area contributed by atoms with E-state index in [-0.39, 0.29) is 30.3 Å². The van der Waals surface area contributed by atoms with Crippen LogP contribution in [0, 0.1) is 6.92 Å². The van der Waals surface area contributed by atoms with Crippen LogP contribution in [0.3, 0.4) is 0 Å². The molecule has 0 saturated heterocycles. The van der Waals surface area contributed by atoms with Crippen molar-refractivity contribution in [1.82, 2.24) is 0 Å². The van der Waals surface area contributed by atoms with Crippen molar-refractivity contribution >= 4 is 17.6 Å². The predicted octanol–water partition coefficient (Wildman–Crippen LogP) is 4.97. The van der Waals surface area contributed by atoms with Crippen LogP contribution < -0.4 is 5.32 Å². The van der Waals surface area contributed by atoms with Crippen LogP contribution in [-0.2, 0) is 32.6 Å². The van der Waals surface area contributed by atoms with Gasteiger partial charge in [0, 0.05) is 12.1 Å². The highest BCUT2D eigenvalue weighted by molar-refractivity contribution is 5.94. The summed E-state index contributed by atoms with van der Waals surface area (Å²) >= 11 is 0. The summed E-state index contributed by atoms with van der Waals surface area (Å²) in [5.74, 6) is -0.678. The first-order chi connectivity index (χ1) is 13.2. The maximum atomic E-state index is 12.2. The van der Waals surface area contributed by atoms with Crippen LogP contribution in [-0.4, -0.2) is 18.5 Å². The minimum atomic E-state index is -0.365. The number of rotatable bonds is 7. The average Bonchev–Trinajstić information content (AvgIpc) is 2.66. The number of hydrogen-bond acceptors (Lipinski definition) is 3. The van der Waals surface area contributed by atoms with Crippen molar-refractivity contribution in [2.24, 2.45) is 0 Å². The minimum absolute atomic E-state index is 0.111. The number of aryl methyl sites for hydroxylation is 3. The molecule has 0 radical (unpaired) electrons. The Bertz CT molecular complexity index is 817. The van der Waals surface area contributed by atoms with Crippen LogP contribution >= 0.6 is 0 Å². The molecule has 150 valence electrons. The Morgan fingerprint density at radius 3 is 2.32 bits per heavy atom. The zero-order valence-electron chi connectivity index (χ0n) is 17.6. The molecule has 2 aromatic rings. The topological polar surface area (TPSA) is 55.4 Å². The van der Waals surface area contributed by atoms with Crippen molar-refractivity contribution in [2.75, 3.05) is 11.9 Å². The number of para-hydroxylation sites is 1. The van der Waals surface area contributed by atoms with E-state index >= 15 is 0 Å². The van der Waals surface area contributed by atoms with Gasteiger partial charge in [-0.05, 0) is 47.4 Å². The summed E-state index contributed by atoms with van der Waals surface area (Å²) in [6.07, 6.45) is 1.68. The van der Waals surface area contributed by atoms with E-state index in [1.807, 2.05) is 44.2 Å². The van der Waals surface area contributed by atoms with Gasteiger partial charge in [0.25, 0.3) is 5.91 Å². The predicted molar refractivity (Wildman–Crippen MR) is 114 cm³/mol. The second-order valence-corrected chi connectivity index (χ2v) is 8.12. The van der Waals surface area contributed by atoms with Crippen molar-refractivity contribution in [3.05, 3.63) is 64.7 Å². The standard InChI is InChI=1S/C24H31NO3/c1-6-19-9-7-8-17(2)23(19)25-21(26)16-28-22(27)15-12-18-10-13-20(14-11-18)24(3,4)5/h7-11,13-14H,6,12,15-16H2,1-5H3,(H,25,26). The molecule has 0 bridgehead atoms. The highest BCUT2D eigenvalue weighted by atomic mass is 16.5. The summed E-state index contributed by atoms with van der Waals surface area (Å²) in [6, 6.07) is 14.2. The van der Waals surface area contributed by atoms with Crippen LogP contribution in [0.2, 0.25) is 0 Å². The number of hydrogen-bond donors (Lipinski definition) is 1. The Balaban J connectivity index is 1.80. The molecule has 0 aliphatic heterocycles. The Morgan fingerprint density at radius 2 is 1.71 bits per heavy atom. The van der Waals surface area contributed by atoms with Gasteiger partial charge >= 0.3 is 5.97 Å². The van der Waals surface area contributed by atoms with Gasteiger partial charge in [0.05, 0.1) is 0 Å². The van der Waals surface area contributed by atoms with Crippen molar-refractivity contribution in [3.63, 3.8) is 0 Å². The molecular formula is C24H31NO3. The largest absolute Gasteiger partial charge is 0.456 e. The summed E-state index contributed by atoms with van der Waals surface area (Å²) in [4.78, 5) is 24.1. The van der Waals surface area contributed by atoms with Gasteiger partial charge < -0.3 is 10.1 Å². The SMILES string of the molecule is CCc1cccc(C)c1NC(=O)COC(=O)CCc1ccc(C(C)(C)C)cc1. The fourth-order valence-electron chi connectivity index (χ4n) is 3.01. The van der Waals surface area contributed by atoms with E-state index in [2.05, 4.69) is 38.2 Å². The zero-order chi connectivity index (χ0) is 20.7. The lowest BCUT2D eigenvalue weighted by atomic mass is 9.86. The summed E-state index contributed by atoms with van der Waals surface area (Å²) in [6.45, 7) is 10.2. The Kier molecular flexibility index (Phi) is 7.38. The number of nitrogens with one attached hydrogen (secondary N) is 1. The highest BCUT2D eigenvalue weighted by Crippen LogP contribution is 2.23. The van der Waals surface area contributed by atoms with Gasteiger partial charge in [0.2, 0.25) is 0 Å². The number of ether oxygens (including phenoxy) is 1. The highest BCUT2D eigenvalue weighted by Gasteiger charge is 2.14. The van der Waals surface area contributed by atoms with E-state index in [0.29, 0.717) is 6.42 Å². The lowest BCUT2D eigenvalue weighted by Gasteiger charge is -2.19. The maximum absolute atomic E-state index is 12.2. The molecule has 28 heavy (non-hydrogen) atoms. The molecule has 0 saturated carbocycles. The van der Waals surface area contributed by atoms with Crippen LogP contribution in [0.4, 0.5) is 5.69 Å². The molecule has 0 fully saturated rings. The molecule has 4 nitrogen and oxygen atoms in total. The number of esters is 1. The number of carbonyl (C=O) groups is 2. The first kappa shape index (κ1) is 21.7. The van der Waals surface area contributed by atoms with Gasteiger partial charge in [-0.2, -0.15) is 0 Å². The molecule has 0 aliphatic rings. The van der Waals surface area contributed by atoms with Gasteiger partial charge in [-0.25, -0.2) is 0 Å². The van der Waals surface area contributed by atoms with Crippen molar-refractivity contribution in [2.45, 2.75) is 59.3 Å². The van der Waals surface area contributed by atoms with Crippen molar-refractivity contribution in [1.29, 1.82) is 0 Å². The first-order valence-electron chi connectivity index (χ1n) is 9.84. The number of amides is 1.